The lowest BCUT2D eigenvalue weighted by atomic mass is 9.94. The highest BCUT2D eigenvalue weighted by molar-refractivity contribution is 6.01. The number of aromatic amines is 1. The first-order valence-electron chi connectivity index (χ1n) is 9.72. The molecule has 2 unspecified atom stereocenters. The van der Waals surface area contributed by atoms with Crippen LogP contribution in [0.25, 0.3) is 5.65 Å². The van der Waals surface area contributed by atoms with Gasteiger partial charge in [-0.3, -0.25) is 9.59 Å². The van der Waals surface area contributed by atoms with E-state index in [2.05, 4.69) is 15.4 Å². The second-order valence-electron chi connectivity index (χ2n) is 7.77. The molecule has 28 heavy (non-hydrogen) atoms. The Morgan fingerprint density at radius 3 is 2.50 bits per heavy atom. The molecule has 4 heterocycles. The zero-order valence-electron chi connectivity index (χ0n) is 16.5. The lowest BCUT2D eigenvalue weighted by Gasteiger charge is -2.35. The SMILES string of the molecule is Cc1nn2c(C3CCNCC3)cc(=O)[nH]c2c1C(=O)N1CC(C)OC(C)C1.Cl. The van der Waals surface area contributed by atoms with Crippen LogP contribution >= 0.6 is 12.4 Å². The number of ether oxygens (including phenoxy) is 1. The van der Waals surface area contributed by atoms with E-state index in [1.165, 1.54) is 0 Å². The minimum absolute atomic E-state index is 0. The van der Waals surface area contributed by atoms with E-state index in [-0.39, 0.29) is 42.0 Å². The molecule has 2 N–H and O–H groups in total. The number of aromatic nitrogens is 3. The topological polar surface area (TPSA) is 91.7 Å². The molecule has 154 valence electrons. The van der Waals surface area contributed by atoms with Crippen molar-refractivity contribution in [1.82, 2.24) is 24.8 Å². The molecule has 9 heteroatoms. The summed E-state index contributed by atoms with van der Waals surface area (Å²) in [6.45, 7) is 8.70. The maximum Gasteiger partial charge on any atom is 0.259 e. The van der Waals surface area contributed by atoms with Crippen LogP contribution in [0.5, 0.6) is 0 Å². The normalized spacial score (nSPS) is 23.6. The third-order valence-corrected chi connectivity index (χ3v) is 5.50. The van der Waals surface area contributed by atoms with E-state index in [1.54, 1.807) is 15.5 Å². The van der Waals surface area contributed by atoms with Crippen molar-refractivity contribution in [3.05, 3.63) is 33.4 Å². The van der Waals surface area contributed by atoms with E-state index in [1.807, 2.05) is 20.8 Å². The summed E-state index contributed by atoms with van der Waals surface area (Å²) in [5, 5.41) is 7.98. The maximum absolute atomic E-state index is 13.3. The molecule has 4 rings (SSSR count). The number of carbonyl (C=O) groups is 1. The number of morpholine rings is 1. The maximum atomic E-state index is 13.3. The van der Waals surface area contributed by atoms with Crippen LogP contribution in [0.4, 0.5) is 0 Å². The van der Waals surface area contributed by atoms with Crippen LogP contribution in [0.1, 0.15) is 54.4 Å². The molecule has 0 aliphatic carbocycles. The Kier molecular flexibility index (Phi) is 6.12. The number of aryl methyl sites for hydroxylation is 1. The first kappa shape index (κ1) is 20.8. The average Bonchev–Trinajstić information content (AvgIpc) is 2.96. The zero-order valence-corrected chi connectivity index (χ0v) is 17.3. The third kappa shape index (κ3) is 3.81. The Hall–Kier alpha value is -1.90. The van der Waals surface area contributed by atoms with E-state index in [4.69, 9.17) is 4.74 Å². The number of nitrogens with zero attached hydrogens (tertiary/aromatic N) is 3. The molecule has 0 bridgehead atoms. The highest BCUT2D eigenvalue weighted by Gasteiger charge is 2.31. The summed E-state index contributed by atoms with van der Waals surface area (Å²) < 4.78 is 7.51. The third-order valence-electron chi connectivity index (χ3n) is 5.50. The quantitative estimate of drug-likeness (QED) is 0.783. The van der Waals surface area contributed by atoms with Crippen molar-refractivity contribution in [3.63, 3.8) is 0 Å². The zero-order chi connectivity index (χ0) is 19.1. The summed E-state index contributed by atoms with van der Waals surface area (Å²) in [7, 11) is 0. The van der Waals surface area contributed by atoms with E-state index in [9.17, 15) is 9.59 Å². The number of hydrogen-bond acceptors (Lipinski definition) is 5. The predicted octanol–water partition coefficient (Wildman–Crippen LogP) is 1.47. The summed E-state index contributed by atoms with van der Waals surface area (Å²) in [5.41, 5.74) is 2.34. The van der Waals surface area contributed by atoms with Crippen molar-refractivity contribution in [2.24, 2.45) is 0 Å². The van der Waals surface area contributed by atoms with Gasteiger partial charge in [0.05, 0.1) is 23.6 Å². The molecule has 2 aromatic heterocycles. The molecule has 2 aliphatic heterocycles. The van der Waals surface area contributed by atoms with Gasteiger partial charge in [-0.15, -0.1) is 12.4 Å². The van der Waals surface area contributed by atoms with Crippen LogP contribution in [0, 0.1) is 6.92 Å². The smallest absolute Gasteiger partial charge is 0.259 e. The summed E-state index contributed by atoms with van der Waals surface area (Å²) in [6, 6.07) is 1.63. The first-order valence-corrected chi connectivity index (χ1v) is 9.72. The highest BCUT2D eigenvalue weighted by Crippen LogP contribution is 2.26. The van der Waals surface area contributed by atoms with Crippen molar-refractivity contribution in [3.8, 4) is 0 Å². The van der Waals surface area contributed by atoms with Gasteiger partial charge in [0.15, 0.2) is 0 Å². The Labute approximate surface area is 170 Å². The van der Waals surface area contributed by atoms with Gasteiger partial charge in [-0.2, -0.15) is 5.10 Å². The van der Waals surface area contributed by atoms with E-state index in [0.717, 1.165) is 31.6 Å². The number of amides is 1. The van der Waals surface area contributed by atoms with Crippen molar-refractivity contribution < 1.29 is 9.53 Å². The molecular weight excluding hydrogens is 382 g/mol. The second kappa shape index (κ2) is 8.23. The summed E-state index contributed by atoms with van der Waals surface area (Å²) >= 11 is 0. The number of H-pyrrole nitrogens is 1. The molecule has 0 aromatic carbocycles. The van der Waals surface area contributed by atoms with Gasteiger partial charge in [0.2, 0.25) is 0 Å². The van der Waals surface area contributed by atoms with Gasteiger partial charge in [0, 0.05) is 25.1 Å². The lowest BCUT2D eigenvalue weighted by Crippen LogP contribution is -2.48. The Morgan fingerprint density at radius 1 is 1.21 bits per heavy atom. The lowest BCUT2D eigenvalue weighted by molar-refractivity contribution is -0.0586. The summed E-state index contributed by atoms with van der Waals surface area (Å²) in [5.74, 6) is 0.171. The van der Waals surface area contributed by atoms with Gasteiger partial charge >= 0.3 is 0 Å². The number of piperidine rings is 1. The average molecular weight is 410 g/mol. The van der Waals surface area contributed by atoms with Gasteiger partial charge < -0.3 is 19.9 Å². The van der Waals surface area contributed by atoms with Gasteiger partial charge in [-0.25, -0.2) is 4.52 Å². The molecule has 2 saturated heterocycles. The Bertz CT molecular complexity index is 908. The fourth-order valence-electron chi connectivity index (χ4n) is 4.34. The standard InChI is InChI=1S/C19H27N5O3.ClH/c1-11-9-23(10-12(2)27-11)19(26)17-13(3)22-24-15(8-16(25)21-18(17)24)14-4-6-20-7-5-14;/h8,11-12,14,20H,4-7,9-10H2,1-3H3,(H,21,25);1H. The Morgan fingerprint density at radius 2 is 1.86 bits per heavy atom. The number of fused-ring (bicyclic) bond motifs is 1. The van der Waals surface area contributed by atoms with Crippen LogP contribution in [0.15, 0.2) is 10.9 Å². The van der Waals surface area contributed by atoms with Crippen molar-refractivity contribution in [2.45, 2.75) is 51.7 Å². The minimum Gasteiger partial charge on any atom is -0.372 e. The summed E-state index contributed by atoms with van der Waals surface area (Å²) in [4.78, 5) is 30.3. The fraction of sp³-hybridized carbons (Fsp3) is 0.632. The molecule has 2 fully saturated rings. The molecule has 2 atom stereocenters. The van der Waals surface area contributed by atoms with Crippen LogP contribution in [0.2, 0.25) is 0 Å². The van der Waals surface area contributed by atoms with Crippen LogP contribution in [-0.4, -0.2) is 63.8 Å². The van der Waals surface area contributed by atoms with E-state index < -0.39 is 0 Å². The predicted molar refractivity (Wildman–Crippen MR) is 109 cm³/mol. The van der Waals surface area contributed by atoms with Gasteiger partial charge in [0.25, 0.3) is 11.5 Å². The number of rotatable bonds is 2. The molecule has 2 aliphatic rings. The van der Waals surface area contributed by atoms with Crippen LogP contribution in [0.3, 0.4) is 0 Å². The molecule has 1 amide bonds. The molecular formula is C19H28ClN5O3. The molecule has 0 spiro atoms. The monoisotopic (exact) mass is 409 g/mol. The number of hydrogen-bond donors (Lipinski definition) is 2. The number of nitrogens with one attached hydrogen (secondary N) is 2. The summed E-state index contributed by atoms with van der Waals surface area (Å²) in [6.07, 6.45) is 1.90. The van der Waals surface area contributed by atoms with Gasteiger partial charge in [-0.1, -0.05) is 0 Å². The molecule has 0 saturated carbocycles. The first-order chi connectivity index (χ1) is 12.9. The molecule has 8 nitrogen and oxygen atoms in total. The Balaban J connectivity index is 0.00000225. The molecule has 2 aromatic rings. The van der Waals surface area contributed by atoms with Crippen molar-refractivity contribution >= 4 is 24.0 Å². The van der Waals surface area contributed by atoms with Gasteiger partial charge in [-0.05, 0) is 46.7 Å². The van der Waals surface area contributed by atoms with Crippen molar-refractivity contribution in [1.29, 1.82) is 0 Å². The van der Waals surface area contributed by atoms with Crippen molar-refractivity contribution in [2.75, 3.05) is 26.2 Å². The van der Waals surface area contributed by atoms with Crippen LogP contribution in [-0.2, 0) is 4.74 Å². The highest BCUT2D eigenvalue weighted by atomic mass is 35.5. The minimum atomic E-state index is -0.186. The van der Waals surface area contributed by atoms with Gasteiger partial charge in [0.1, 0.15) is 11.2 Å². The fourth-order valence-corrected chi connectivity index (χ4v) is 4.34. The number of halogens is 1. The van der Waals surface area contributed by atoms with Crippen LogP contribution < -0.4 is 10.9 Å². The largest absolute Gasteiger partial charge is 0.372 e. The van der Waals surface area contributed by atoms with E-state index in [0.29, 0.717) is 30.0 Å². The van der Waals surface area contributed by atoms with E-state index >= 15 is 0 Å². The number of carbonyl (C=O) groups excluding carboxylic acids is 1. The second-order valence-corrected chi connectivity index (χ2v) is 7.77. The molecule has 0 radical (unpaired) electrons.